The van der Waals surface area contributed by atoms with Crippen molar-refractivity contribution in [2.75, 3.05) is 5.73 Å². The zero-order valence-corrected chi connectivity index (χ0v) is 9.78. The molecule has 1 aromatic carbocycles. The number of nitrogens with zero attached hydrogens (tertiary/aromatic N) is 3. The molecular formula is C10H12N6O3. The van der Waals surface area contributed by atoms with E-state index in [1.54, 1.807) is 12.1 Å². The summed E-state index contributed by atoms with van der Waals surface area (Å²) in [6.07, 6.45) is 0. The predicted molar refractivity (Wildman–Crippen MR) is 64.3 cm³/mol. The number of benzene rings is 1. The number of aromatic nitrogens is 3. The molecule has 2 aromatic rings. The average molecular weight is 264 g/mol. The Labute approximate surface area is 107 Å². The van der Waals surface area contributed by atoms with Crippen LogP contribution in [0.2, 0.25) is 0 Å². The summed E-state index contributed by atoms with van der Waals surface area (Å²) < 4.78 is 1.28. The number of anilines is 1. The van der Waals surface area contributed by atoms with Gasteiger partial charge in [-0.25, -0.2) is 9.89 Å². The molecule has 9 nitrogen and oxygen atoms in total. The molecule has 0 aliphatic carbocycles. The number of carbonyl (C=O) groups excluding carboxylic acids is 1. The van der Waals surface area contributed by atoms with Crippen LogP contribution in [0, 0.1) is 5.21 Å². The standard InChI is InChI=1S/C10H12N6O3/c11-9-8(10(12)17)13-14-15(9)5-6-2-1-3-7(4-6)16(18)19/h1-4,16,18H,5,11H2,(H2,12,17). The summed E-state index contributed by atoms with van der Waals surface area (Å²) in [6, 6.07) is 6.30. The fourth-order valence-corrected chi connectivity index (χ4v) is 1.59. The van der Waals surface area contributed by atoms with Crippen LogP contribution in [0.25, 0.3) is 0 Å². The quantitative estimate of drug-likeness (QED) is 0.489. The van der Waals surface area contributed by atoms with Crippen molar-refractivity contribution in [1.82, 2.24) is 15.0 Å². The molecule has 2 rings (SSSR count). The highest BCUT2D eigenvalue weighted by atomic mass is 16.8. The van der Waals surface area contributed by atoms with Gasteiger partial charge in [0.25, 0.3) is 5.91 Å². The van der Waals surface area contributed by atoms with Crippen LogP contribution in [0.15, 0.2) is 24.3 Å². The minimum absolute atomic E-state index is 0.0493. The van der Waals surface area contributed by atoms with Crippen LogP contribution in [0.1, 0.15) is 16.1 Å². The second-order valence-electron chi connectivity index (χ2n) is 3.85. The van der Waals surface area contributed by atoms with E-state index in [1.165, 1.54) is 16.8 Å². The number of amides is 1. The summed E-state index contributed by atoms with van der Waals surface area (Å²) in [5.74, 6) is -0.712. The van der Waals surface area contributed by atoms with Crippen molar-refractivity contribution in [2.45, 2.75) is 6.54 Å². The Balaban J connectivity index is 2.26. The first-order valence-electron chi connectivity index (χ1n) is 5.30. The van der Waals surface area contributed by atoms with Crippen molar-refractivity contribution < 1.29 is 15.2 Å². The van der Waals surface area contributed by atoms with E-state index >= 15 is 0 Å². The lowest BCUT2D eigenvalue weighted by molar-refractivity contribution is -0.991. The van der Waals surface area contributed by atoms with E-state index in [4.69, 9.17) is 16.7 Å². The molecule has 9 heteroatoms. The fraction of sp³-hybridized carbons (Fsp3) is 0.100. The van der Waals surface area contributed by atoms with Gasteiger partial charge in [0.2, 0.25) is 0 Å². The predicted octanol–water partition coefficient (Wildman–Crippen LogP) is -1.59. The lowest BCUT2D eigenvalue weighted by atomic mass is 10.2. The van der Waals surface area contributed by atoms with Gasteiger partial charge in [0.1, 0.15) is 0 Å². The highest BCUT2D eigenvalue weighted by molar-refractivity contribution is 5.94. The van der Waals surface area contributed by atoms with Crippen molar-refractivity contribution >= 4 is 17.4 Å². The topological polar surface area (TPSA) is 148 Å². The SMILES string of the molecule is NC(=O)c1nnn(Cc2cccc([NH+]([O-])O)c2)c1N. The van der Waals surface area contributed by atoms with E-state index < -0.39 is 11.1 Å². The van der Waals surface area contributed by atoms with Gasteiger partial charge in [0.15, 0.2) is 17.2 Å². The highest BCUT2D eigenvalue weighted by Gasteiger charge is 2.14. The zero-order chi connectivity index (χ0) is 14.0. The molecule has 100 valence electrons. The van der Waals surface area contributed by atoms with Crippen LogP contribution >= 0.6 is 0 Å². The van der Waals surface area contributed by atoms with Gasteiger partial charge in [-0.05, 0) is 5.56 Å². The summed E-state index contributed by atoms with van der Waals surface area (Å²) in [4.78, 5) is 11.0. The maximum atomic E-state index is 11.0. The molecule has 1 atom stereocenters. The third-order valence-corrected chi connectivity index (χ3v) is 2.51. The van der Waals surface area contributed by atoms with Gasteiger partial charge in [-0.3, -0.25) is 4.79 Å². The van der Waals surface area contributed by atoms with Crippen LogP contribution in [-0.4, -0.2) is 26.1 Å². The minimum atomic E-state index is -1.02. The summed E-state index contributed by atoms with van der Waals surface area (Å²) in [5, 5.41) is 26.0. The van der Waals surface area contributed by atoms with Crippen molar-refractivity contribution in [2.24, 2.45) is 5.73 Å². The number of nitrogens with two attached hydrogens (primary N) is 2. The Morgan fingerprint density at radius 1 is 1.53 bits per heavy atom. The van der Waals surface area contributed by atoms with Crippen molar-refractivity contribution in [3.63, 3.8) is 0 Å². The van der Waals surface area contributed by atoms with Crippen LogP contribution in [0.5, 0.6) is 0 Å². The third-order valence-electron chi connectivity index (χ3n) is 2.51. The van der Waals surface area contributed by atoms with Crippen LogP contribution in [-0.2, 0) is 6.54 Å². The maximum absolute atomic E-state index is 11.0. The first kappa shape index (κ1) is 13.0. The number of carbonyl (C=O) groups is 1. The van der Waals surface area contributed by atoms with Gasteiger partial charge in [-0.1, -0.05) is 17.3 Å². The van der Waals surface area contributed by atoms with Crippen LogP contribution < -0.4 is 16.7 Å². The van der Waals surface area contributed by atoms with Gasteiger partial charge in [0, 0.05) is 12.1 Å². The van der Waals surface area contributed by atoms with Crippen LogP contribution in [0.3, 0.4) is 0 Å². The molecule has 1 aromatic heterocycles. The molecule has 0 aliphatic rings. The van der Waals surface area contributed by atoms with E-state index in [0.29, 0.717) is 5.56 Å². The Morgan fingerprint density at radius 3 is 2.84 bits per heavy atom. The second-order valence-corrected chi connectivity index (χ2v) is 3.85. The number of quaternary nitrogens is 1. The first-order chi connectivity index (χ1) is 8.99. The molecule has 19 heavy (non-hydrogen) atoms. The third kappa shape index (κ3) is 2.68. The average Bonchev–Trinajstić information content (AvgIpc) is 2.71. The molecule has 1 amide bonds. The van der Waals surface area contributed by atoms with E-state index in [9.17, 15) is 10.0 Å². The molecule has 1 heterocycles. The smallest absolute Gasteiger partial charge is 0.273 e. The lowest BCUT2D eigenvalue weighted by Crippen LogP contribution is -2.99. The molecule has 0 aliphatic heterocycles. The van der Waals surface area contributed by atoms with Crippen LogP contribution in [0.4, 0.5) is 11.5 Å². The number of hydrogen-bond acceptors (Lipinski definition) is 6. The van der Waals surface area contributed by atoms with Gasteiger partial charge in [-0.2, -0.15) is 5.23 Å². The van der Waals surface area contributed by atoms with Gasteiger partial charge in [-0.15, -0.1) is 5.10 Å². The zero-order valence-electron chi connectivity index (χ0n) is 9.78. The molecule has 0 radical (unpaired) electrons. The molecule has 0 saturated carbocycles. The Kier molecular flexibility index (Phi) is 3.42. The molecule has 6 N–H and O–H groups in total. The van der Waals surface area contributed by atoms with E-state index in [1.807, 2.05) is 0 Å². The van der Waals surface area contributed by atoms with Gasteiger partial charge < -0.3 is 16.7 Å². The monoisotopic (exact) mass is 264 g/mol. The Bertz CT molecular complexity index is 609. The van der Waals surface area contributed by atoms with Crippen molar-refractivity contribution in [3.05, 3.63) is 40.7 Å². The van der Waals surface area contributed by atoms with Gasteiger partial charge >= 0.3 is 0 Å². The fourth-order valence-electron chi connectivity index (χ4n) is 1.59. The molecule has 0 fully saturated rings. The summed E-state index contributed by atoms with van der Waals surface area (Å²) in [6.45, 7) is 0.202. The minimum Gasteiger partial charge on any atom is -0.595 e. The number of nitrogens with one attached hydrogen (secondary N) is 1. The second kappa shape index (κ2) is 5.02. The largest absolute Gasteiger partial charge is 0.595 e. The Morgan fingerprint density at radius 2 is 2.26 bits per heavy atom. The van der Waals surface area contributed by atoms with E-state index in [-0.39, 0.29) is 23.7 Å². The normalized spacial score (nSPS) is 12.3. The molecule has 1 unspecified atom stereocenters. The number of rotatable bonds is 4. The van der Waals surface area contributed by atoms with Crippen molar-refractivity contribution in [3.8, 4) is 0 Å². The number of nitrogen functional groups attached to an aromatic ring is 1. The van der Waals surface area contributed by atoms with E-state index in [0.717, 1.165) is 0 Å². The van der Waals surface area contributed by atoms with Crippen molar-refractivity contribution in [1.29, 1.82) is 0 Å². The van der Waals surface area contributed by atoms with E-state index in [2.05, 4.69) is 10.3 Å². The molecular weight excluding hydrogens is 252 g/mol. The molecule has 0 spiro atoms. The molecule has 0 saturated heterocycles. The number of hydrogen-bond donors (Lipinski definition) is 4. The summed E-state index contributed by atoms with van der Waals surface area (Å²) in [7, 11) is 0. The Hall–Kier alpha value is -2.49. The number of primary amides is 1. The summed E-state index contributed by atoms with van der Waals surface area (Å²) >= 11 is 0. The maximum Gasteiger partial charge on any atom is 0.273 e. The summed E-state index contributed by atoms with van der Waals surface area (Å²) in [5.41, 5.74) is 11.5. The highest BCUT2D eigenvalue weighted by Crippen LogP contribution is 2.12. The molecule has 0 bridgehead atoms. The lowest BCUT2D eigenvalue weighted by Gasteiger charge is -2.12. The van der Waals surface area contributed by atoms with Gasteiger partial charge in [0.05, 0.1) is 6.54 Å². The first-order valence-corrected chi connectivity index (χ1v) is 5.30.